The molecule has 4 aromatic rings. The van der Waals surface area contributed by atoms with Gasteiger partial charge in [-0.05, 0) is 57.4 Å². The van der Waals surface area contributed by atoms with E-state index < -0.39 is 9.84 Å². The van der Waals surface area contributed by atoms with Crippen molar-refractivity contribution in [2.24, 2.45) is 0 Å². The molecule has 0 atom stereocenters. The predicted octanol–water partition coefficient (Wildman–Crippen LogP) is 3.96. The topological polar surface area (TPSA) is 121 Å². The first kappa shape index (κ1) is 23.7. The summed E-state index contributed by atoms with van der Waals surface area (Å²) in [7, 11) is 0.622. The van der Waals surface area contributed by atoms with Gasteiger partial charge in [-0.3, -0.25) is 9.89 Å². The van der Waals surface area contributed by atoms with E-state index in [1.807, 2.05) is 43.3 Å². The number of amides is 1. The lowest BCUT2D eigenvalue weighted by molar-refractivity contribution is -0.116. The van der Waals surface area contributed by atoms with E-state index in [1.165, 1.54) is 12.1 Å². The fourth-order valence-electron chi connectivity index (χ4n) is 3.55. The number of rotatable bonds is 9. The number of H-pyrrole nitrogens is 1. The van der Waals surface area contributed by atoms with Crippen LogP contribution in [0.1, 0.15) is 19.8 Å². The number of nitrogens with zero attached hydrogens (tertiary/aromatic N) is 3. The molecule has 0 aliphatic rings. The Hall–Kier alpha value is -3.50. The average molecular weight is 482 g/mol. The Labute approximate surface area is 198 Å². The van der Waals surface area contributed by atoms with Crippen molar-refractivity contribution in [3.05, 3.63) is 48.7 Å². The number of benzene rings is 2. The normalized spacial score (nSPS) is 11.9. The summed E-state index contributed by atoms with van der Waals surface area (Å²) in [4.78, 5) is 18.9. The molecule has 2 aromatic carbocycles. The van der Waals surface area contributed by atoms with Gasteiger partial charge in [-0.2, -0.15) is 5.10 Å². The zero-order valence-corrected chi connectivity index (χ0v) is 20.1. The molecule has 10 heteroatoms. The van der Waals surface area contributed by atoms with Gasteiger partial charge in [0.05, 0.1) is 16.2 Å². The number of sulfone groups is 1. The summed E-state index contributed by atoms with van der Waals surface area (Å²) in [5, 5.41) is 10.1. The molecule has 0 unspecified atom stereocenters. The van der Waals surface area contributed by atoms with Crippen molar-refractivity contribution in [3.8, 4) is 22.7 Å². The molecule has 2 heterocycles. The van der Waals surface area contributed by atoms with Crippen LogP contribution in [0.2, 0.25) is 0 Å². The third-order valence-electron chi connectivity index (χ3n) is 5.42. The Morgan fingerprint density at radius 2 is 1.91 bits per heavy atom. The van der Waals surface area contributed by atoms with Crippen LogP contribution < -0.4 is 5.32 Å². The van der Waals surface area contributed by atoms with Crippen LogP contribution in [0.5, 0.6) is 0 Å². The number of hydrogen-bond donors (Lipinski definition) is 2. The van der Waals surface area contributed by atoms with Crippen molar-refractivity contribution in [3.63, 3.8) is 0 Å². The van der Waals surface area contributed by atoms with Crippen molar-refractivity contribution < 1.29 is 17.6 Å². The molecular formula is C24H27N5O4S. The first-order valence-corrected chi connectivity index (χ1v) is 12.6. The van der Waals surface area contributed by atoms with Crippen LogP contribution >= 0.6 is 0 Å². The lowest BCUT2D eigenvalue weighted by atomic mass is 10.1. The first-order chi connectivity index (χ1) is 16.3. The minimum Gasteiger partial charge on any atom is -0.436 e. The number of aromatic nitrogens is 3. The molecule has 4 rings (SSSR count). The highest BCUT2D eigenvalue weighted by molar-refractivity contribution is 7.91. The first-order valence-electron chi connectivity index (χ1n) is 11.0. The second-order valence-corrected chi connectivity index (χ2v) is 10.5. The maximum Gasteiger partial charge on any atom is 0.231 e. The third-order valence-corrected chi connectivity index (χ3v) is 7.15. The highest BCUT2D eigenvalue weighted by atomic mass is 32.2. The summed E-state index contributed by atoms with van der Waals surface area (Å²) < 4.78 is 30.3. The minimum atomic E-state index is -3.34. The van der Waals surface area contributed by atoms with Gasteiger partial charge in [0.2, 0.25) is 11.8 Å². The largest absolute Gasteiger partial charge is 0.436 e. The lowest BCUT2D eigenvalue weighted by Gasteiger charge is -2.09. The predicted molar refractivity (Wildman–Crippen MR) is 131 cm³/mol. The van der Waals surface area contributed by atoms with E-state index in [1.54, 1.807) is 19.2 Å². The molecule has 0 saturated heterocycles. The van der Waals surface area contributed by atoms with Gasteiger partial charge in [-0.15, -0.1) is 0 Å². The maximum atomic E-state index is 12.2. The maximum absolute atomic E-state index is 12.2. The van der Waals surface area contributed by atoms with Gasteiger partial charge in [0.15, 0.2) is 15.4 Å². The molecule has 178 valence electrons. The summed E-state index contributed by atoms with van der Waals surface area (Å²) in [5.74, 6) is 0.329. The third kappa shape index (κ3) is 5.18. The molecule has 0 aliphatic heterocycles. The smallest absolute Gasteiger partial charge is 0.231 e. The van der Waals surface area contributed by atoms with Crippen LogP contribution in [0, 0.1) is 0 Å². The quantitative estimate of drug-likeness (QED) is 0.371. The van der Waals surface area contributed by atoms with Gasteiger partial charge in [0.25, 0.3) is 0 Å². The lowest BCUT2D eigenvalue weighted by Crippen LogP contribution is -2.17. The number of nitrogens with one attached hydrogen (secondary N) is 2. The van der Waals surface area contributed by atoms with E-state index in [2.05, 4.69) is 20.5 Å². The van der Waals surface area contributed by atoms with E-state index in [4.69, 9.17) is 4.42 Å². The zero-order valence-electron chi connectivity index (χ0n) is 19.3. The Balaban J connectivity index is 1.54. The van der Waals surface area contributed by atoms with Crippen LogP contribution in [0.25, 0.3) is 33.8 Å². The van der Waals surface area contributed by atoms with Crippen molar-refractivity contribution in [1.82, 2.24) is 20.1 Å². The number of oxazole rings is 1. The number of aromatic amines is 1. The van der Waals surface area contributed by atoms with E-state index in [9.17, 15) is 13.2 Å². The van der Waals surface area contributed by atoms with Crippen LogP contribution in [-0.2, 0) is 14.6 Å². The van der Waals surface area contributed by atoms with E-state index >= 15 is 0 Å². The Morgan fingerprint density at radius 3 is 2.62 bits per heavy atom. The van der Waals surface area contributed by atoms with Crippen LogP contribution in [0.15, 0.2) is 58.0 Å². The minimum absolute atomic E-state index is 0.0155. The second kappa shape index (κ2) is 9.78. The highest BCUT2D eigenvalue weighted by Gasteiger charge is 2.19. The van der Waals surface area contributed by atoms with E-state index in [0.29, 0.717) is 40.4 Å². The molecule has 0 radical (unpaired) electrons. The van der Waals surface area contributed by atoms with Crippen molar-refractivity contribution >= 4 is 32.5 Å². The van der Waals surface area contributed by atoms with Crippen molar-refractivity contribution in [2.45, 2.75) is 24.7 Å². The number of hydrogen-bond acceptors (Lipinski definition) is 7. The Kier molecular flexibility index (Phi) is 6.80. The molecule has 1 amide bonds. The zero-order chi connectivity index (χ0) is 24.3. The van der Waals surface area contributed by atoms with Crippen LogP contribution in [0.4, 0.5) is 5.69 Å². The number of carbonyl (C=O) groups excluding carboxylic acids is 1. The molecule has 0 fully saturated rings. The van der Waals surface area contributed by atoms with Crippen molar-refractivity contribution in [1.29, 1.82) is 0 Å². The van der Waals surface area contributed by atoms with Gasteiger partial charge in [0, 0.05) is 23.9 Å². The number of anilines is 1. The molecule has 2 aromatic heterocycles. The summed E-state index contributed by atoms with van der Waals surface area (Å²) >= 11 is 0. The molecule has 34 heavy (non-hydrogen) atoms. The standard InChI is InChI=1S/C24H27N5O4S/c1-4-34(31,32)18-11-12-21-20(14-18)27-24(33-21)19-15-25-28-23(19)16-7-9-17(10-8-16)26-22(30)6-5-13-29(2)3/h7-12,14-15H,4-6,13H2,1-3H3,(H,25,28)(H,26,30). The van der Waals surface area contributed by atoms with E-state index in [0.717, 1.165) is 18.5 Å². The summed E-state index contributed by atoms with van der Waals surface area (Å²) in [6.07, 6.45) is 2.94. The molecule has 0 aliphatic carbocycles. The molecule has 0 spiro atoms. The Bertz CT molecular complexity index is 1400. The summed E-state index contributed by atoms with van der Waals surface area (Å²) in [6.45, 7) is 2.47. The van der Waals surface area contributed by atoms with Gasteiger partial charge in [-0.1, -0.05) is 19.1 Å². The number of fused-ring (bicyclic) bond motifs is 1. The summed E-state index contributed by atoms with van der Waals surface area (Å²) in [6, 6.07) is 12.0. The molecule has 0 bridgehead atoms. The van der Waals surface area contributed by atoms with Gasteiger partial charge >= 0.3 is 0 Å². The van der Waals surface area contributed by atoms with Crippen molar-refractivity contribution in [2.75, 3.05) is 31.7 Å². The molecule has 2 N–H and O–H groups in total. The highest BCUT2D eigenvalue weighted by Crippen LogP contribution is 2.33. The monoisotopic (exact) mass is 481 g/mol. The van der Waals surface area contributed by atoms with Crippen LogP contribution in [-0.4, -0.2) is 60.8 Å². The van der Waals surface area contributed by atoms with E-state index in [-0.39, 0.29) is 16.6 Å². The van der Waals surface area contributed by atoms with Gasteiger partial charge in [-0.25, -0.2) is 13.4 Å². The fourth-order valence-corrected chi connectivity index (χ4v) is 4.45. The number of carbonyl (C=O) groups is 1. The molecule has 0 saturated carbocycles. The van der Waals surface area contributed by atoms with Crippen LogP contribution in [0.3, 0.4) is 0 Å². The second-order valence-electron chi connectivity index (χ2n) is 8.23. The Morgan fingerprint density at radius 1 is 1.15 bits per heavy atom. The van der Waals surface area contributed by atoms with Gasteiger partial charge < -0.3 is 14.6 Å². The van der Waals surface area contributed by atoms with Gasteiger partial charge in [0.1, 0.15) is 11.2 Å². The molecule has 9 nitrogen and oxygen atoms in total. The average Bonchev–Trinajstić information content (AvgIpc) is 3.45. The summed E-state index contributed by atoms with van der Waals surface area (Å²) in [5.41, 5.74) is 3.77. The molecular weight excluding hydrogens is 454 g/mol. The fraction of sp³-hybridized carbons (Fsp3) is 0.292. The SMILES string of the molecule is CCS(=O)(=O)c1ccc2oc(-c3c[nH]nc3-c3ccc(NC(=O)CCCN(C)C)cc3)nc2c1.